The summed E-state index contributed by atoms with van der Waals surface area (Å²) in [6.45, 7) is 6.98. The molecule has 8 nitrogen and oxygen atoms in total. The minimum Gasteiger partial charge on any atom is -0.454 e. The number of nitrogens with one attached hydrogen (secondary N) is 1. The molecule has 35 heavy (non-hydrogen) atoms. The number of fused-ring (bicyclic) bond motifs is 1. The lowest BCUT2D eigenvalue weighted by Gasteiger charge is -2.38. The largest absolute Gasteiger partial charge is 0.454 e. The normalized spacial score (nSPS) is 16.3. The van der Waals surface area contributed by atoms with Gasteiger partial charge in [-0.3, -0.25) is 4.79 Å². The van der Waals surface area contributed by atoms with E-state index in [1.165, 1.54) is 17.3 Å². The second-order valence-corrected chi connectivity index (χ2v) is 9.89. The smallest absolute Gasteiger partial charge is 0.231 e. The van der Waals surface area contributed by atoms with E-state index in [-0.39, 0.29) is 23.9 Å². The Morgan fingerprint density at radius 2 is 1.94 bits per heavy atom. The van der Waals surface area contributed by atoms with Gasteiger partial charge in [0.15, 0.2) is 22.5 Å². The maximum Gasteiger partial charge on any atom is 0.231 e. The molecule has 0 saturated carbocycles. The Morgan fingerprint density at radius 3 is 2.74 bits per heavy atom. The fourth-order valence-corrected chi connectivity index (χ4v) is 5.52. The van der Waals surface area contributed by atoms with Gasteiger partial charge in [-0.25, -0.2) is 0 Å². The van der Waals surface area contributed by atoms with E-state index in [9.17, 15) is 4.79 Å². The lowest BCUT2D eigenvalue weighted by Crippen LogP contribution is -2.45. The molecule has 3 heterocycles. The molecule has 2 aliphatic heterocycles. The second-order valence-electron chi connectivity index (χ2n) is 8.95. The predicted molar refractivity (Wildman–Crippen MR) is 134 cm³/mol. The van der Waals surface area contributed by atoms with Crippen molar-refractivity contribution in [2.45, 2.75) is 43.8 Å². The third-order valence-electron chi connectivity index (χ3n) is 6.70. The minimum absolute atomic E-state index is 0.0237. The summed E-state index contributed by atoms with van der Waals surface area (Å²) >= 11 is 1.41. The van der Waals surface area contributed by atoms with Crippen LogP contribution in [0.5, 0.6) is 11.5 Å². The number of aryl methyl sites for hydroxylation is 1. The molecule has 184 valence electrons. The van der Waals surface area contributed by atoms with Crippen LogP contribution in [0.4, 0.5) is 0 Å². The van der Waals surface area contributed by atoms with E-state index in [2.05, 4.69) is 52.1 Å². The SMILES string of the molecule is CCn1c(SCC(=O)NCC2(c3ccc4c(c3)OCO4)CCOCC2)nnc1-c1cccc(C)c1. The Hall–Kier alpha value is -3.04. The highest BCUT2D eigenvalue weighted by Crippen LogP contribution is 2.40. The summed E-state index contributed by atoms with van der Waals surface area (Å²) in [7, 11) is 0. The van der Waals surface area contributed by atoms with Crippen molar-refractivity contribution < 1.29 is 19.0 Å². The third-order valence-corrected chi connectivity index (χ3v) is 7.67. The Balaban J connectivity index is 1.25. The molecule has 0 radical (unpaired) electrons. The molecule has 0 bridgehead atoms. The number of aromatic nitrogens is 3. The van der Waals surface area contributed by atoms with Crippen LogP contribution in [-0.2, 0) is 21.5 Å². The number of ether oxygens (including phenoxy) is 3. The van der Waals surface area contributed by atoms with E-state index in [0.717, 1.165) is 53.0 Å². The average Bonchev–Trinajstić information content (AvgIpc) is 3.53. The molecule has 0 spiro atoms. The number of nitrogens with zero attached hydrogens (tertiary/aromatic N) is 3. The highest BCUT2D eigenvalue weighted by molar-refractivity contribution is 7.99. The van der Waals surface area contributed by atoms with Crippen molar-refractivity contribution in [2.24, 2.45) is 0 Å². The van der Waals surface area contributed by atoms with Crippen LogP contribution in [-0.4, -0.2) is 53.0 Å². The van der Waals surface area contributed by atoms with Gasteiger partial charge >= 0.3 is 0 Å². The number of hydrogen-bond acceptors (Lipinski definition) is 7. The van der Waals surface area contributed by atoms with Gasteiger partial charge in [-0.2, -0.15) is 0 Å². The van der Waals surface area contributed by atoms with E-state index < -0.39 is 0 Å². The number of carbonyl (C=O) groups is 1. The molecule has 9 heteroatoms. The highest BCUT2D eigenvalue weighted by atomic mass is 32.2. The molecular formula is C26H30N4O4S. The standard InChI is InChI=1S/C26H30N4O4S/c1-3-30-24(19-6-4-5-18(2)13-19)28-29-25(30)35-15-23(31)27-16-26(9-11-32-12-10-26)20-7-8-21-22(14-20)34-17-33-21/h4-8,13-14H,3,9-12,15-17H2,1-2H3,(H,27,31). The molecule has 0 atom stereocenters. The molecule has 2 aliphatic rings. The Kier molecular flexibility index (Phi) is 6.97. The van der Waals surface area contributed by atoms with Gasteiger partial charge in [0.05, 0.1) is 5.75 Å². The maximum absolute atomic E-state index is 12.9. The zero-order chi connectivity index (χ0) is 24.3. The van der Waals surface area contributed by atoms with Crippen molar-refractivity contribution in [3.05, 3.63) is 53.6 Å². The summed E-state index contributed by atoms with van der Waals surface area (Å²) in [5, 5.41) is 12.7. The van der Waals surface area contributed by atoms with Gasteiger partial charge in [0.25, 0.3) is 0 Å². The highest BCUT2D eigenvalue weighted by Gasteiger charge is 2.36. The summed E-state index contributed by atoms with van der Waals surface area (Å²) in [6, 6.07) is 14.3. The Bertz CT molecular complexity index is 1210. The fraction of sp³-hybridized carbons (Fsp3) is 0.423. The lowest BCUT2D eigenvalue weighted by molar-refractivity contribution is -0.119. The topological polar surface area (TPSA) is 87.5 Å². The van der Waals surface area contributed by atoms with Gasteiger partial charge in [0.1, 0.15) is 0 Å². The molecule has 1 N–H and O–H groups in total. The second kappa shape index (κ2) is 10.3. The monoisotopic (exact) mass is 494 g/mol. The average molecular weight is 495 g/mol. The van der Waals surface area contributed by atoms with Gasteiger partial charge in [0, 0.05) is 37.3 Å². The van der Waals surface area contributed by atoms with Crippen molar-refractivity contribution in [1.29, 1.82) is 0 Å². The summed E-state index contributed by atoms with van der Waals surface area (Å²) in [6.07, 6.45) is 1.67. The number of amides is 1. The Morgan fingerprint density at radius 1 is 1.11 bits per heavy atom. The Labute approximate surface area is 209 Å². The zero-order valence-corrected chi connectivity index (χ0v) is 20.9. The van der Waals surface area contributed by atoms with Gasteiger partial charge < -0.3 is 24.1 Å². The van der Waals surface area contributed by atoms with Crippen molar-refractivity contribution in [3.8, 4) is 22.9 Å². The number of benzene rings is 2. The van der Waals surface area contributed by atoms with E-state index in [0.29, 0.717) is 19.8 Å². The molecule has 1 fully saturated rings. The quantitative estimate of drug-likeness (QED) is 0.474. The number of carbonyl (C=O) groups excluding carboxylic acids is 1. The first-order valence-corrected chi connectivity index (χ1v) is 12.9. The molecule has 1 saturated heterocycles. The summed E-state index contributed by atoms with van der Waals surface area (Å²) in [4.78, 5) is 12.9. The lowest BCUT2D eigenvalue weighted by atomic mass is 9.74. The first-order valence-electron chi connectivity index (χ1n) is 12.0. The van der Waals surface area contributed by atoms with Crippen LogP contribution >= 0.6 is 11.8 Å². The van der Waals surface area contributed by atoms with Crippen LogP contribution in [0.1, 0.15) is 30.9 Å². The van der Waals surface area contributed by atoms with Gasteiger partial charge in [-0.15, -0.1) is 10.2 Å². The number of rotatable bonds is 8. The van der Waals surface area contributed by atoms with Crippen molar-refractivity contribution in [3.63, 3.8) is 0 Å². The first kappa shape index (κ1) is 23.7. The molecule has 1 aromatic heterocycles. The predicted octanol–water partition coefficient (Wildman–Crippen LogP) is 3.96. The van der Waals surface area contributed by atoms with Gasteiger partial charge in [0.2, 0.25) is 12.7 Å². The molecule has 0 aliphatic carbocycles. The number of hydrogen-bond donors (Lipinski definition) is 1. The van der Waals surface area contributed by atoms with Crippen LogP contribution in [0.3, 0.4) is 0 Å². The van der Waals surface area contributed by atoms with Gasteiger partial charge in [-0.1, -0.05) is 41.6 Å². The van der Waals surface area contributed by atoms with Crippen molar-refractivity contribution in [1.82, 2.24) is 20.1 Å². The summed E-state index contributed by atoms with van der Waals surface area (Å²) < 4.78 is 18.7. The fourth-order valence-electron chi connectivity index (χ4n) is 4.68. The molecule has 2 aromatic carbocycles. The summed E-state index contributed by atoms with van der Waals surface area (Å²) in [5.41, 5.74) is 3.15. The molecule has 0 unspecified atom stereocenters. The summed E-state index contributed by atoms with van der Waals surface area (Å²) in [5.74, 6) is 2.60. The zero-order valence-electron chi connectivity index (χ0n) is 20.1. The van der Waals surface area contributed by atoms with Crippen molar-refractivity contribution in [2.75, 3.05) is 32.3 Å². The van der Waals surface area contributed by atoms with Crippen LogP contribution in [0, 0.1) is 6.92 Å². The maximum atomic E-state index is 12.9. The number of thioether (sulfide) groups is 1. The van der Waals surface area contributed by atoms with Crippen LogP contribution < -0.4 is 14.8 Å². The van der Waals surface area contributed by atoms with E-state index in [1.807, 2.05) is 24.3 Å². The molecule has 1 amide bonds. The van der Waals surface area contributed by atoms with Crippen molar-refractivity contribution >= 4 is 17.7 Å². The first-order chi connectivity index (χ1) is 17.1. The van der Waals surface area contributed by atoms with Crippen LogP contribution in [0.2, 0.25) is 0 Å². The van der Waals surface area contributed by atoms with Crippen LogP contribution in [0.25, 0.3) is 11.4 Å². The van der Waals surface area contributed by atoms with E-state index in [4.69, 9.17) is 14.2 Å². The molecule has 5 rings (SSSR count). The van der Waals surface area contributed by atoms with Crippen LogP contribution in [0.15, 0.2) is 47.6 Å². The third kappa shape index (κ3) is 5.01. The van der Waals surface area contributed by atoms with E-state index in [1.54, 1.807) is 0 Å². The minimum atomic E-state index is -0.193. The molecular weight excluding hydrogens is 464 g/mol. The van der Waals surface area contributed by atoms with Gasteiger partial charge in [-0.05, 0) is 50.5 Å². The van der Waals surface area contributed by atoms with E-state index >= 15 is 0 Å². The molecule has 3 aromatic rings.